The molecule has 3 aromatic carbocycles. The lowest BCUT2D eigenvalue weighted by molar-refractivity contribution is 0.0951. The fourth-order valence-corrected chi connectivity index (χ4v) is 4.30. The molecule has 0 aliphatic carbocycles. The van der Waals surface area contributed by atoms with Crippen molar-refractivity contribution in [3.05, 3.63) is 88.6 Å². The summed E-state index contributed by atoms with van der Waals surface area (Å²) >= 11 is 6.56. The van der Waals surface area contributed by atoms with Crippen LogP contribution in [0, 0.1) is 0 Å². The van der Waals surface area contributed by atoms with Crippen molar-refractivity contribution in [3.8, 4) is 17.2 Å². The largest absolute Gasteiger partial charge is 0.493 e. The Labute approximate surface area is 197 Å². The van der Waals surface area contributed by atoms with Gasteiger partial charge in [-0.15, -0.1) is 0 Å². The number of nitrogens with one attached hydrogen (secondary N) is 2. The van der Waals surface area contributed by atoms with Gasteiger partial charge in [-0.1, -0.05) is 48.0 Å². The van der Waals surface area contributed by atoms with Crippen LogP contribution in [-0.4, -0.2) is 38.8 Å². The van der Waals surface area contributed by atoms with Crippen molar-refractivity contribution < 1.29 is 19.0 Å². The number of amides is 1. The number of benzene rings is 3. The second kappa shape index (κ2) is 9.88. The summed E-state index contributed by atoms with van der Waals surface area (Å²) < 4.78 is 16.1. The lowest BCUT2D eigenvalue weighted by Gasteiger charge is -2.20. The molecule has 4 rings (SSSR count). The number of fused-ring (bicyclic) bond motifs is 1. The highest BCUT2D eigenvalue weighted by Gasteiger charge is 2.23. The first kappa shape index (κ1) is 22.6. The quantitative estimate of drug-likeness (QED) is 0.365. The minimum absolute atomic E-state index is 0.152. The van der Waals surface area contributed by atoms with E-state index in [9.17, 15) is 4.79 Å². The molecule has 0 saturated carbocycles. The van der Waals surface area contributed by atoms with Gasteiger partial charge in [0.15, 0.2) is 11.5 Å². The number of hydrogen-bond donors (Lipinski definition) is 2. The van der Waals surface area contributed by atoms with Crippen molar-refractivity contribution in [2.45, 2.75) is 5.92 Å². The Hall–Kier alpha value is -3.64. The number of aromatic amines is 1. The van der Waals surface area contributed by atoms with Gasteiger partial charge in [0.25, 0.3) is 5.91 Å². The summed E-state index contributed by atoms with van der Waals surface area (Å²) in [4.78, 5) is 16.4. The summed E-state index contributed by atoms with van der Waals surface area (Å²) in [5, 5.41) is 4.79. The maximum absolute atomic E-state index is 13.1. The molecular formula is C26H25ClN2O4. The van der Waals surface area contributed by atoms with E-state index in [4.69, 9.17) is 25.8 Å². The summed E-state index contributed by atoms with van der Waals surface area (Å²) in [5.41, 5.74) is 3.43. The van der Waals surface area contributed by atoms with E-state index >= 15 is 0 Å². The molecule has 1 atom stereocenters. The number of aromatic nitrogens is 1. The van der Waals surface area contributed by atoms with Crippen LogP contribution in [0.15, 0.2) is 66.9 Å². The van der Waals surface area contributed by atoms with Crippen molar-refractivity contribution in [2.24, 2.45) is 0 Å². The highest BCUT2D eigenvalue weighted by atomic mass is 35.5. The minimum atomic E-state index is -0.258. The highest BCUT2D eigenvalue weighted by molar-refractivity contribution is 6.31. The topological polar surface area (TPSA) is 72.6 Å². The van der Waals surface area contributed by atoms with E-state index in [0.29, 0.717) is 34.4 Å². The van der Waals surface area contributed by atoms with Gasteiger partial charge in [0.2, 0.25) is 5.75 Å². The normalized spacial score (nSPS) is 11.8. The third-order valence-electron chi connectivity index (χ3n) is 5.67. The van der Waals surface area contributed by atoms with E-state index in [1.54, 1.807) is 12.1 Å². The molecule has 1 amide bonds. The Morgan fingerprint density at radius 3 is 2.27 bits per heavy atom. The lowest BCUT2D eigenvalue weighted by Crippen LogP contribution is -2.29. The SMILES string of the molecule is COc1cc(C(=O)NC[C@@H](c2ccccc2Cl)c2c[nH]c3ccccc23)cc(OC)c1OC. The molecular weight excluding hydrogens is 440 g/mol. The predicted octanol–water partition coefficient (Wildman–Crippen LogP) is 5.41. The number of rotatable bonds is 8. The molecule has 0 bridgehead atoms. The van der Waals surface area contributed by atoms with Gasteiger partial charge < -0.3 is 24.5 Å². The molecule has 1 heterocycles. The number of para-hydroxylation sites is 1. The molecule has 0 spiro atoms. The molecule has 0 aliphatic rings. The third kappa shape index (κ3) is 4.47. The van der Waals surface area contributed by atoms with Crippen LogP contribution in [0.4, 0.5) is 0 Å². The van der Waals surface area contributed by atoms with E-state index in [1.807, 2.05) is 48.7 Å². The Morgan fingerprint density at radius 1 is 0.939 bits per heavy atom. The van der Waals surface area contributed by atoms with Gasteiger partial charge in [-0.3, -0.25) is 4.79 Å². The monoisotopic (exact) mass is 464 g/mol. The molecule has 7 heteroatoms. The molecule has 170 valence electrons. The number of methoxy groups -OCH3 is 3. The van der Waals surface area contributed by atoms with E-state index in [-0.39, 0.29) is 11.8 Å². The fraction of sp³-hybridized carbons (Fsp3) is 0.192. The van der Waals surface area contributed by atoms with Crippen molar-refractivity contribution >= 4 is 28.4 Å². The Balaban J connectivity index is 1.67. The summed E-state index contributed by atoms with van der Waals surface area (Å²) in [5.74, 6) is 0.860. The van der Waals surface area contributed by atoms with Crippen LogP contribution in [0.1, 0.15) is 27.4 Å². The molecule has 33 heavy (non-hydrogen) atoms. The molecule has 0 saturated heterocycles. The van der Waals surface area contributed by atoms with Crippen LogP contribution in [0.25, 0.3) is 10.9 Å². The molecule has 0 unspecified atom stereocenters. The first-order valence-electron chi connectivity index (χ1n) is 10.5. The Kier molecular flexibility index (Phi) is 6.75. The third-order valence-corrected chi connectivity index (χ3v) is 6.02. The lowest BCUT2D eigenvalue weighted by atomic mass is 9.90. The smallest absolute Gasteiger partial charge is 0.251 e. The number of H-pyrrole nitrogens is 1. The van der Waals surface area contributed by atoms with Crippen LogP contribution >= 0.6 is 11.6 Å². The number of carbonyl (C=O) groups excluding carboxylic acids is 1. The Morgan fingerprint density at radius 2 is 1.61 bits per heavy atom. The number of carbonyl (C=O) groups is 1. The average Bonchev–Trinajstić information content (AvgIpc) is 3.28. The van der Waals surface area contributed by atoms with Crippen LogP contribution in [-0.2, 0) is 0 Å². The van der Waals surface area contributed by atoms with Gasteiger partial charge >= 0.3 is 0 Å². The van der Waals surface area contributed by atoms with Crippen molar-refractivity contribution in [2.75, 3.05) is 27.9 Å². The summed E-state index contributed by atoms with van der Waals surface area (Å²) in [6.45, 7) is 0.348. The van der Waals surface area contributed by atoms with Crippen LogP contribution in [0.2, 0.25) is 5.02 Å². The van der Waals surface area contributed by atoms with Gasteiger partial charge in [0.1, 0.15) is 0 Å². The van der Waals surface area contributed by atoms with E-state index in [2.05, 4.69) is 16.4 Å². The summed E-state index contributed by atoms with van der Waals surface area (Å²) in [6.07, 6.45) is 1.98. The fourth-order valence-electron chi connectivity index (χ4n) is 4.04. The van der Waals surface area contributed by atoms with Gasteiger partial charge in [-0.2, -0.15) is 0 Å². The minimum Gasteiger partial charge on any atom is -0.493 e. The molecule has 0 fully saturated rings. The van der Waals surface area contributed by atoms with Crippen LogP contribution < -0.4 is 19.5 Å². The number of halogens is 1. The summed E-state index contributed by atoms with van der Waals surface area (Å²) in [7, 11) is 4.56. The second-order valence-corrected chi connectivity index (χ2v) is 7.89. The van der Waals surface area contributed by atoms with Crippen molar-refractivity contribution in [1.82, 2.24) is 10.3 Å². The molecule has 0 aliphatic heterocycles. The van der Waals surface area contributed by atoms with Crippen molar-refractivity contribution in [3.63, 3.8) is 0 Å². The van der Waals surface area contributed by atoms with E-state index in [1.165, 1.54) is 21.3 Å². The Bertz CT molecular complexity index is 1260. The average molecular weight is 465 g/mol. The zero-order valence-corrected chi connectivity index (χ0v) is 19.4. The van der Waals surface area contributed by atoms with Gasteiger partial charge in [-0.05, 0) is 35.4 Å². The van der Waals surface area contributed by atoms with Gasteiger partial charge in [-0.25, -0.2) is 0 Å². The number of hydrogen-bond acceptors (Lipinski definition) is 4. The van der Waals surface area contributed by atoms with Gasteiger partial charge in [0, 0.05) is 40.1 Å². The number of ether oxygens (including phenoxy) is 3. The molecule has 6 nitrogen and oxygen atoms in total. The van der Waals surface area contributed by atoms with Gasteiger partial charge in [0.05, 0.1) is 21.3 Å². The molecule has 4 aromatic rings. The maximum atomic E-state index is 13.1. The zero-order valence-electron chi connectivity index (χ0n) is 18.6. The first-order valence-corrected chi connectivity index (χ1v) is 10.8. The molecule has 0 radical (unpaired) electrons. The van der Waals surface area contributed by atoms with Crippen LogP contribution in [0.5, 0.6) is 17.2 Å². The van der Waals surface area contributed by atoms with Crippen molar-refractivity contribution in [1.29, 1.82) is 0 Å². The second-order valence-electron chi connectivity index (χ2n) is 7.49. The van der Waals surface area contributed by atoms with E-state index in [0.717, 1.165) is 22.0 Å². The molecule has 2 N–H and O–H groups in total. The first-order chi connectivity index (χ1) is 16.1. The molecule has 1 aromatic heterocycles. The van der Waals surface area contributed by atoms with Crippen LogP contribution in [0.3, 0.4) is 0 Å². The zero-order chi connectivity index (χ0) is 23.4. The summed E-state index contributed by atoms with van der Waals surface area (Å²) in [6, 6.07) is 19.0. The highest BCUT2D eigenvalue weighted by Crippen LogP contribution is 2.38. The van der Waals surface area contributed by atoms with E-state index < -0.39 is 0 Å². The standard InChI is InChI=1S/C26H25ClN2O4/c1-31-23-12-16(13-24(32-2)25(23)33-3)26(30)29-15-19(17-8-4-6-10-21(17)27)20-14-28-22-11-7-5-9-18(20)22/h4-14,19,28H,15H2,1-3H3,(H,29,30)/t19-/m0/s1. The maximum Gasteiger partial charge on any atom is 0.251 e. The predicted molar refractivity (Wildman–Crippen MR) is 130 cm³/mol.